The van der Waals surface area contributed by atoms with Crippen LogP contribution in [0.5, 0.6) is 0 Å². The van der Waals surface area contributed by atoms with Crippen molar-refractivity contribution >= 4 is 18.0 Å². The summed E-state index contributed by atoms with van der Waals surface area (Å²) in [6, 6.07) is 0. The van der Waals surface area contributed by atoms with Crippen LogP contribution >= 0.6 is 0 Å². The van der Waals surface area contributed by atoms with E-state index in [0.29, 0.717) is 12.8 Å². The zero-order valence-electron chi connectivity index (χ0n) is 8.76. The van der Waals surface area contributed by atoms with Gasteiger partial charge in [0.25, 0.3) is 0 Å². The van der Waals surface area contributed by atoms with Crippen LogP contribution in [0.1, 0.15) is 19.3 Å². The monoisotopic (exact) mass is 220 g/mol. The number of Topliss-reactive ketones (excluding diaryl/α,β-unsaturated/α-hetero) is 1. The van der Waals surface area contributed by atoms with E-state index in [2.05, 4.69) is 4.79 Å². The Kier molecular flexibility index (Phi) is 2.71. The number of carbonyl (C=O) groups excluding carboxylic acids is 2. The minimum atomic E-state index is -0.426. The van der Waals surface area contributed by atoms with E-state index in [-0.39, 0.29) is 30.7 Å². The number of ketones is 1. The molecule has 5 heteroatoms. The molecule has 0 N–H and O–H groups in total. The summed E-state index contributed by atoms with van der Waals surface area (Å²) >= 11 is 0. The number of esters is 1. The molecular formula is C11H12N2O3. The zero-order valence-corrected chi connectivity index (χ0v) is 8.76. The molecule has 2 atom stereocenters. The topological polar surface area (TPSA) is 79.8 Å². The predicted octanol–water partition coefficient (Wildman–Crippen LogP) is 0.756. The number of fused-ring (bicyclic) bond motifs is 1. The summed E-state index contributed by atoms with van der Waals surface area (Å²) in [6.45, 7) is 0.284. The lowest BCUT2D eigenvalue weighted by atomic mass is 9.68. The quantitative estimate of drug-likeness (QED) is 0.231. The van der Waals surface area contributed by atoms with Crippen molar-refractivity contribution in [3.63, 3.8) is 0 Å². The summed E-state index contributed by atoms with van der Waals surface area (Å²) < 4.78 is 5.04. The van der Waals surface area contributed by atoms with E-state index in [9.17, 15) is 9.59 Å². The molecule has 0 radical (unpaired) electrons. The average molecular weight is 220 g/mol. The number of cyclic esters (lactones) is 1. The van der Waals surface area contributed by atoms with Crippen molar-refractivity contribution in [2.75, 3.05) is 6.61 Å². The Balaban J connectivity index is 2.21. The predicted molar refractivity (Wildman–Crippen MR) is 54.6 cm³/mol. The summed E-state index contributed by atoms with van der Waals surface area (Å²) in [5, 5.41) is 0. The number of hydrogen-bond donors (Lipinski definition) is 0. The molecule has 1 saturated heterocycles. The lowest BCUT2D eigenvalue weighted by Crippen LogP contribution is -2.34. The van der Waals surface area contributed by atoms with E-state index in [1.54, 1.807) is 0 Å². The number of hydrogen-bond acceptors (Lipinski definition) is 3. The van der Waals surface area contributed by atoms with E-state index in [0.717, 1.165) is 6.21 Å². The molecule has 16 heavy (non-hydrogen) atoms. The second-order valence-corrected chi connectivity index (χ2v) is 4.32. The molecule has 2 aliphatic rings. The first kappa shape index (κ1) is 10.8. The molecule has 0 aromatic carbocycles. The standard InChI is InChI=1S/C11H12N2O3/c12-13-6-8(14)5-11-4-2-1-3-9(11)10(15)16-7-11/h1-2,6,9H,3-5,7H2/t9-,11-/m1/s1. The van der Waals surface area contributed by atoms with Gasteiger partial charge < -0.3 is 10.3 Å². The summed E-state index contributed by atoms with van der Waals surface area (Å²) in [5.41, 5.74) is 7.87. The molecule has 0 aromatic heterocycles. The third-order valence-corrected chi connectivity index (χ3v) is 3.32. The third kappa shape index (κ3) is 1.70. The smallest absolute Gasteiger partial charge is 0.323 e. The highest BCUT2D eigenvalue weighted by molar-refractivity contribution is 6.25. The SMILES string of the molecule is [N-]=[N+]=CC(=O)C[C@@]12CC=CC[C@@H]1C(=O)OC2. The van der Waals surface area contributed by atoms with Crippen molar-refractivity contribution in [3.8, 4) is 0 Å². The van der Waals surface area contributed by atoms with Crippen LogP contribution in [-0.2, 0) is 14.3 Å². The Labute approximate surface area is 92.7 Å². The molecule has 5 nitrogen and oxygen atoms in total. The summed E-state index contributed by atoms with van der Waals surface area (Å²) in [4.78, 5) is 25.7. The fourth-order valence-electron chi connectivity index (χ4n) is 2.47. The molecule has 1 aliphatic carbocycles. The van der Waals surface area contributed by atoms with Gasteiger partial charge in [0.1, 0.15) is 0 Å². The highest BCUT2D eigenvalue weighted by Crippen LogP contribution is 2.46. The number of nitrogens with zero attached hydrogens (tertiary/aromatic N) is 2. The van der Waals surface area contributed by atoms with Crippen LogP contribution in [0.15, 0.2) is 12.2 Å². The molecule has 0 saturated carbocycles. The number of ether oxygens (including phenoxy) is 1. The Bertz CT molecular complexity index is 409. The van der Waals surface area contributed by atoms with Crippen LogP contribution in [-0.4, -0.2) is 29.4 Å². The highest BCUT2D eigenvalue weighted by atomic mass is 16.5. The minimum absolute atomic E-state index is 0.192. The molecule has 0 spiro atoms. The van der Waals surface area contributed by atoms with Crippen molar-refractivity contribution in [1.29, 1.82) is 0 Å². The van der Waals surface area contributed by atoms with Gasteiger partial charge in [-0.2, -0.15) is 4.79 Å². The molecule has 0 bridgehead atoms. The third-order valence-electron chi connectivity index (χ3n) is 3.32. The Morgan fingerprint density at radius 3 is 3.25 bits per heavy atom. The van der Waals surface area contributed by atoms with Crippen molar-refractivity contribution in [3.05, 3.63) is 17.7 Å². The van der Waals surface area contributed by atoms with Crippen molar-refractivity contribution in [2.45, 2.75) is 19.3 Å². The van der Waals surface area contributed by atoms with Gasteiger partial charge in [-0.3, -0.25) is 9.59 Å². The van der Waals surface area contributed by atoms with Gasteiger partial charge in [-0.15, -0.1) is 0 Å². The second kappa shape index (κ2) is 4.02. The largest absolute Gasteiger partial charge is 0.465 e. The van der Waals surface area contributed by atoms with Gasteiger partial charge in [0.05, 0.1) is 12.5 Å². The molecule has 0 amide bonds. The summed E-state index contributed by atoms with van der Waals surface area (Å²) in [6.07, 6.45) is 6.28. The molecule has 0 aromatic rings. The van der Waals surface area contributed by atoms with Crippen LogP contribution < -0.4 is 0 Å². The Morgan fingerprint density at radius 1 is 1.69 bits per heavy atom. The van der Waals surface area contributed by atoms with Crippen LogP contribution in [0.25, 0.3) is 5.53 Å². The molecule has 1 heterocycles. The molecule has 1 fully saturated rings. The van der Waals surface area contributed by atoms with Crippen molar-refractivity contribution < 1.29 is 19.1 Å². The second-order valence-electron chi connectivity index (χ2n) is 4.32. The Morgan fingerprint density at radius 2 is 2.50 bits per heavy atom. The van der Waals surface area contributed by atoms with Crippen LogP contribution in [0.2, 0.25) is 0 Å². The Hall–Kier alpha value is -1.74. The summed E-state index contributed by atoms with van der Waals surface area (Å²) in [7, 11) is 0. The fourth-order valence-corrected chi connectivity index (χ4v) is 2.47. The first-order valence-electron chi connectivity index (χ1n) is 5.20. The van der Waals surface area contributed by atoms with Gasteiger partial charge in [0.15, 0.2) is 0 Å². The number of carbonyl (C=O) groups is 2. The number of rotatable bonds is 3. The maximum atomic E-state index is 11.5. The van der Waals surface area contributed by atoms with E-state index in [4.69, 9.17) is 10.3 Å². The highest BCUT2D eigenvalue weighted by Gasteiger charge is 2.51. The molecule has 0 unspecified atom stereocenters. The lowest BCUT2D eigenvalue weighted by Gasteiger charge is -2.31. The summed E-state index contributed by atoms with van der Waals surface area (Å²) in [5.74, 6) is -0.729. The molecule has 84 valence electrons. The maximum absolute atomic E-state index is 11.5. The van der Waals surface area contributed by atoms with E-state index in [1.165, 1.54) is 0 Å². The van der Waals surface area contributed by atoms with Crippen molar-refractivity contribution in [1.82, 2.24) is 0 Å². The molecular weight excluding hydrogens is 208 g/mol. The van der Waals surface area contributed by atoms with E-state index in [1.807, 2.05) is 12.2 Å². The van der Waals surface area contributed by atoms with Gasteiger partial charge in [0.2, 0.25) is 5.78 Å². The number of allylic oxidation sites excluding steroid dienone is 2. The van der Waals surface area contributed by atoms with Crippen LogP contribution in [0, 0.1) is 11.3 Å². The normalized spacial score (nSPS) is 31.5. The maximum Gasteiger partial charge on any atom is 0.323 e. The van der Waals surface area contributed by atoms with Gasteiger partial charge >= 0.3 is 12.2 Å². The van der Waals surface area contributed by atoms with Crippen LogP contribution in [0.4, 0.5) is 0 Å². The van der Waals surface area contributed by atoms with Gasteiger partial charge in [-0.1, -0.05) is 12.2 Å². The van der Waals surface area contributed by atoms with Crippen LogP contribution in [0.3, 0.4) is 0 Å². The van der Waals surface area contributed by atoms with E-state index >= 15 is 0 Å². The molecule has 1 aliphatic heterocycles. The average Bonchev–Trinajstić information content (AvgIpc) is 2.57. The first-order chi connectivity index (χ1) is 7.68. The zero-order chi connectivity index (χ0) is 11.6. The van der Waals surface area contributed by atoms with Gasteiger partial charge in [-0.05, 0) is 12.8 Å². The van der Waals surface area contributed by atoms with Gasteiger partial charge in [-0.25, -0.2) is 0 Å². The lowest BCUT2D eigenvalue weighted by molar-refractivity contribution is -0.141. The van der Waals surface area contributed by atoms with Gasteiger partial charge in [0, 0.05) is 11.8 Å². The fraction of sp³-hybridized carbons (Fsp3) is 0.545. The van der Waals surface area contributed by atoms with Crippen molar-refractivity contribution in [2.24, 2.45) is 11.3 Å². The minimum Gasteiger partial charge on any atom is -0.465 e. The first-order valence-corrected chi connectivity index (χ1v) is 5.20. The molecule has 2 rings (SSSR count). The van der Waals surface area contributed by atoms with E-state index < -0.39 is 5.41 Å².